The molecule has 22 heteroatoms. The predicted octanol–water partition coefficient (Wildman–Crippen LogP) is 5.89. The van der Waals surface area contributed by atoms with E-state index in [4.69, 9.17) is 28.9 Å². The molecule has 2 aromatic carbocycles. The first kappa shape index (κ1) is 41.0. The molecule has 3 aromatic heterocycles. The van der Waals surface area contributed by atoms with Gasteiger partial charge >= 0.3 is 12.1 Å². The minimum Gasteiger partial charge on any atom is -0.413 e. The average molecular weight is 823 g/mol. The second-order valence-electron chi connectivity index (χ2n) is 10.8. The summed E-state index contributed by atoms with van der Waals surface area (Å²) in [6.45, 7) is -0.443. The number of aromatic nitrogens is 4. The van der Waals surface area contributed by atoms with Gasteiger partial charge in [-0.25, -0.2) is 25.6 Å². The molecule has 0 aliphatic heterocycles. The van der Waals surface area contributed by atoms with Gasteiger partial charge in [0, 0.05) is 18.0 Å². The monoisotopic (exact) mass is 821 g/mol. The van der Waals surface area contributed by atoms with Gasteiger partial charge in [-0.15, -0.1) is 10.2 Å². The van der Waals surface area contributed by atoms with Crippen LogP contribution in [-0.4, -0.2) is 61.8 Å². The summed E-state index contributed by atoms with van der Waals surface area (Å²) >= 11 is 11.4. The smallest absolute Gasteiger partial charge is 0.413 e. The lowest BCUT2D eigenvalue weighted by molar-refractivity contribution is -0.156. The largest absolute Gasteiger partial charge is 0.470 e. The maximum absolute atomic E-state index is 13.4. The highest BCUT2D eigenvalue weighted by Gasteiger charge is 2.38. The van der Waals surface area contributed by atoms with Crippen molar-refractivity contribution in [1.29, 1.82) is 0 Å². The molecule has 0 bridgehead atoms. The van der Waals surface area contributed by atoms with E-state index in [1.54, 1.807) is 0 Å². The highest BCUT2D eigenvalue weighted by Crippen LogP contribution is 2.31. The number of ketones is 1. The molecule has 0 fully saturated rings. The lowest BCUT2D eigenvalue weighted by Gasteiger charge is -2.22. The molecular weight excluding hydrogens is 796 g/mol. The maximum atomic E-state index is 13.4. The minimum absolute atomic E-state index is 0.0854. The Balaban J connectivity index is 0.000000241. The number of halogens is 7. The Bertz CT molecular complexity index is 2320. The van der Waals surface area contributed by atoms with Crippen LogP contribution in [0.5, 0.6) is 0 Å². The fourth-order valence-electron chi connectivity index (χ4n) is 4.27. The number of carbonyl (C=O) groups is 1. The van der Waals surface area contributed by atoms with E-state index < -0.39 is 43.7 Å². The molecule has 53 heavy (non-hydrogen) atoms. The number of rotatable bonds is 11. The number of pyridine rings is 2. The normalized spacial score (nSPS) is 11.8. The Morgan fingerprint density at radius 1 is 0.774 bits per heavy atom. The summed E-state index contributed by atoms with van der Waals surface area (Å²) in [6.07, 6.45) is -0.291. The van der Waals surface area contributed by atoms with Crippen LogP contribution >= 0.6 is 23.2 Å². The number of nitrogens with zero attached hydrogens (tertiary/aromatic N) is 6. The summed E-state index contributed by atoms with van der Waals surface area (Å²) in [5.41, 5.74) is 6.75. The number of anilines is 2. The van der Waals surface area contributed by atoms with Crippen molar-refractivity contribution in [2.75, 3.05) is 27.7 Å². The van der Waals surface area contributed by atoms with E-state index in [0.717, 1.165) is 39.3 Å². The fourth-order valence-corrected chi connectivity index (χ4v) is 6.35. The summed E-state index contributed by atoms with van der Waals surface area (Å²) in [5, 5.41) is 5.80. The first-order valence-corrected chi connectivity index (χ1v) is 19.0. The third-order valence-electron chi connectivity index (χ3n) is 6.87. The molecule has 282 valence electrons. The van der Waals surface area contributed by atoms with Gasteiger partial charge in [-0.3, -0.25) is 23.4 Å². The number of nitrogens with two attached hydrogens (primary N) is 1. The molecule has 0 saturated carbocycles. The number of hydrogen-bond acceptors (Lipinski definition) is 11. The molecule has 5 rings (SSSR count). The molecule has 0 radical (unpaired) electrons. The molecule has 13 nitrogen and oxygen atoms in total. The van der Waals surface area contributed by atoms with Gasteiger partial charge in [0.1, 0.15) is 11.6 Å². The van der Waals surface area contributed by atoms with Crippen LogP contribution in [0.4, 0.5) is 33.3 Å². The van der Waals surface area contributed by atoms with E-state index >= 15 is 0 Å². The molecule has 5 aromatic rings. The average Bonchev–Trinajstić information content (AvgIpc) is 3.60. The lowest BCUT2D eigenvalue weighted by atomic mass is 10.2. The number of hydrogen-bond donors (Lipinski definition) is 1. The van der Waals surface area contributed by atoms with Gasteiger partial charge < -0.3 is 10.2 Å². The Morgan fingerprint density at radius 3 is 1.62 bits per heavy atom. The van der Waals surface area contributed by atoms with Gasteiger partial charge in [0.05, 0.1) is 70.5 Å². The molecule has 0 saturated heterocycles. The zero-order chi connectivity index (χ0) is 39.3. The number of carbonyl (C=O) groups excluding carboxylic acids is 1. The van der Waals surface area contributed by atoms with Crippen LogP contribution in [0.15, 0.2) is 77.5 Å². The summed E-state index contributed by atoms with van der Waals surface area (Å²) in [4.78, 5) is 19.6. The van der Waals surface area contributed by atoms with E-state index in [1.165, 1.54) is 54.9 Å². The molecule has 2 N–H and O–H groups in total. The van der Waals surface area contributed by atoms with Gasteiger partial charge in [0.2, 0.25) is 25.9 Å². The molecule has 3 heterocycles. The Kier molecular flexibility index (Phi) is 12.8. The SMILES string of the molecule is CS(=O)(=O)N(Cc1ccc(-c2nnc(C(F)(F)F)o2)cn1)c1ccc(F)c(Cl)c1.CS(=O)(=O)N(Cc1ccc(C(=O)CN)cn1)c1ccc(F)c(Cl)c1. The molecule has 0 aliphatic rings. The van der Waals surface area contributed by atoms with Gasteiger partial charge in [-0.1, -0.05) is 23.2 Å². The third kappa shape index (κ3) is 10.9. The molecule has 0 unspecified atom stereocenters. The second-order valence-corrected chi connectivity index (χ2v) is 15.5. The first-order valence-electron chi connectivity index (χ1n) is 14.6. The number of alkyl halides is 3. The zero-order valence-corrected chi connectivity index (χ0v) is 30.4. The van der Waals surface area contributed by atoms with E-state index in [2.05, 4.69) is 24.6 Å². The van der Waals surface area contributed by atoms with Crippen LogP contribution in [0.25, 0.3) is 11.5 Å². The first-order chi connectivity index (χ1) is 24.7. The maximum Gasteiger partial charge on any atom is 0.470 e. The van der Waals surface area contributed by atoms with Crippen molar-refractivity contribution in [3.05, 3.63) is 118 Å². The topological polar surface area (TPSA) is 183 Å². The molecule has 0 amide bonds. The minimum atomic E-state index is -4.77. The highest BCUT2D eigenvalue weighted by atomic mass is 35.5. The van der Waals surface area contributed by atoms with E-state index in [1.807, 2.05) is 0 Å². The van der Waals surface area contributed by atoms with Crippen LogP contribution in [0.3, 0.4) is 0 Å². The summed E-state index contributed by atoms with van der Waals surface area (Å²) < 4.78 is 119. The predicted molar refractivity (Wildman–Crippen MR) is 185 cm³/mol. The molecular formula is C31H26Cl2F5N7O6S2. The highest BCUT2D eigenvalue weighted by molar-refractivity contribution is 7.92. The molecule has 0 aliphatic carbocycles. The Hall–Kier alpha value is -4.76. The quantitative estimate of drug-likeness (QED) is 0.124. The van der Waals surface area contributed by atoms with Crippen molar-refractivity contribution in [2.45, 2.75) is 19.3 Å². The Labute approximate surface area is 309 Å². The van der Waals surface area contributed by atoms with Crippen molar-refractivity contribution in [2.24, 2.45) is 5.73 Å². The van der Waals surface area contributed by atoms with E-state index in [9.17, 15) is 43.6 Å². The van der Waals surface area contributed by atoms with Crippen molar-refractivity contribution < 1.29 is 48.0 Å². The van der Waals surface area contributed by atoms with E-state index in [0.29, 0.717) is 11.3 Å². The van der Waals surface area contributed by atoms with Gasteiger partial charge in [-0.05, 0) is 60.7 Å². The van der Waals surface area contributed by atoms with Crippen molar-refractivity contribution in [3.63, 3.8) is 0 Å². The Morgan fingerprint density at radius 2 is 1.26 bits per heavy atom. The fraction of sp³-hybridized carbons (Fsp3) is 0.194. The second kappa shape index (κ2) is 16.5. The van der Waals surface area contributed by atoms with Gasteiger partial charge in [0.15, 0.2) is 5.78 Å². The van der Waals surface area contributed by atoms with Crippen molar-refractivity contribution in [1.82, 2.24) is 20.2 Å². The summed E-state index contributed by atoms with van der Waals surface area (Å²) in [7, 11) is -7.43. The number of benzene rings is 2. The summed E-state index contributed by atoms with van der Waals surface area (Å²) in [5.74, 6) is -3.49. The van der Waals surface area contributed by atoms with Crippen LogP contribution in [0.1, 0.15) is 27.6 Å². The van der Waals surface area contributed by atoms with Crippen LogP contribution in [-0.2, 0) is 39.3 Å². The van der Waals surface area contributed by atoms with Crippen LogP contribution in [0.2, 0.25) is 10.0 Å². The van der Waals surface area contributed by atoms with E-state index in [-0.39, 0.29) is 64.0 Å². The van der Waals surface area contributed by atoms with Gasteiger partial charge in [0.25, 0.3) is 0 Å². The zero-order valence-electron chi connectivity index (χ0n) is 27.2. The van der Waals surface area contributed by atoms with Crippen LogP contribution in [0, 0.1) is 11.6 Å². The third-order valence-corrected chi connectivity index (χ3v) is 9.73. The molecule has 0 atom stereocenters. The summed E-state index contributed by atoms with van der Waals surface area (Å²) in [6, 6.07) is 12.9. The molecule has 0 spiro atoms. The van der Waals surface area contributed by atoms with Crippen molar-refractivity contribution in [3.8, 4) is 11.5 Å². The lowest BCUT2D eigenvalue weighted by Crippen LogP contribution is -2.29. The number of sulfonamides is 2. The van der Waals surface area contributed by atoms with Crippen molar-refractivity contribution >= 4 is 60.4 Å². The number of Topliss-reactive ketones (excluding diaryl/α,β-unsaturated/α-hetero) is 1. The standard InChI is InChI=1S/C16H11ClF4N4O3S.C15H15ClFN3O3S/c1-29(26,27)25(11-4-5-13(18)12(17)6-11)8-10-3-2-9(7-22-10)14-23-24-15(28-14)16(19,20)21;1-24(22,23)20(12-4-5-14(17)13(16)6-12)9-11-3-2-10(8-19-11)15(21)7-18/h2-7H,8H2,1H3;2-6,8H,7,9,18H2,1H3. The van der Waals surface area contributed by atoms with Gasteiger partial charge in [-0.2, -0.15) is 13.2 Å². The van der Waals surface area contributed by atoms with Crippen LogP contribution < -0.4 is 14.3 Å².